The normalized spacial score (nSPS) is 18.1. The molecule has 3 heterocycles. The number of nitrogens with zero attached hydrogens (tertiary/aromatic N) is 2. The number of aliphatic imine (C=N–C) groups is 1. The predicted molar refractivity (Wildman–Crippen MR) is 88.0 cm³/mol. The lowest BCUT2D eigenvalue weighted by atomic mass is 10.1. The summed E-state index contributed by atoms with van der Waals surface area (Å²) in [7, 11) is 0. The fraction of sp³-hybridized carbons (Fsp3) is 0.267. The van der Waals surface area contributed by atoms with Crippen molar-refractivity contribution >= 4 is 45.4 Å². The first kappa shape index (κ1) is 12.4. The monoisotopic (exact) mass is 302 g/mol. The second kappa shape index (κ2) is 4.60. The Hall–Kier alpha value is -1.33. The first-order valence-electron chi connectivity index (χ1n) is 6.55. The lowest BCUT2D eigenvalue weighted by Crippen LogP contribution is -2.20. The molecule has 5 heteroatoms. The minimum atomic E-state index is 0.897. The minimum Gasteiger partial charge on any atom is -0.461 e. The van der Waals surface area contributed by atoms with Crippen molar-refractivity contribution in [1.82, 2.24) is 4.90 Å². The van der Waals surface area contributed by atoms with Gasteiger partial charge < -0.3 is 9.32 Å². The molecular formula is C15H14N2OS2. The maximum atomic E-state index is 5.76. The number of rotatable bonds is 2. The molecule has 102 valence electrons. The van der Waals surface area contributed by atoms with Gasteiger partial charge >= 0.3 is 0 Å². The molecule has 2 aromatic rings. The molecule has 3 nitrogen and oxygen atoms in total. The Morgan fingerprint density at radius 1 is 1.40 bits per heavy atom. The van der Waals surface area contributed by atoms with Crippen LogP contribution < -0.4 is 0 Å². The second-order valence-corrected chi connectivity index (χ2v) is 6.89. The van der Waals surface area contributed by atoms with Crippen LogP contribution in [0.15, 0.2) is 37.9 Å². The average Bonchev–Trinajstić information content (AvgIpc) is 3.09. The maximum absolute atomic E-state index is 5.76. The van der Waals surface area contributed by atoms with E-state index < -0.39 is 0 Å². The Morgan fingerprint density at radius 3 is 3.15 bits per heavy atom. The lowest BCUT2D eigenvalue weighted by Gasteiger charge is -2.17. The van der Waals surface area contributed by atoms with Crippen LogP contribution in [0.5, 0.6) is 0 Å². The lowest BCUT2D eigenvalue weighted by molar-refractivity contribution is 0.578. The van der Waals surface area contributed by atoms with Crippen LogP contribution in [0.1, 0.15) is 11.3 Å². The molecule has 0 N–H and O–H groups in total. The molecule has 0 amide bonds. The standard InChI is InChI=1S/C15H14N2OS2/c1-9-8-11-10(4-3-5-12(11)18-9)13-14(19-2)20-15-16-6-7-17(13)15/h3-5,8H,6-7H2,1-2H3. The highest BCUT2D eigenvalue weighted by Crippen LogP contribution is 2.47. The van der Waals surface area contributed by atoms with Gasteiger partial charge in [-0.2, -0.15) is 0 Å². The summed E-state index contributed by atoms with van der Waals surface area (Å²) < 4.78 is 7.09. The third-order valence-corrected chi connectivity index (χ3v) is 5.80. The number of fused-ring (bicyclic) bond motifs is 2. The summed E-state index contributed by atoms with van der Waals surface area (Å²) in [5.74, 6) is 0.958. The van der Waals surface area contributed by atoms with Gasteiger partial charge in [0.1, 0.15) is 11.3 Å². The fourth-order valence-corrected chi connectivity index (χ4v) is 4.65. The van der Waals surface area contributed by atoms with Gasteiger partial charge in [-0.3, -0.25) is 4.99 Å². The van der Waals surface area contributed by atoms with Gasteiger partial charge in [0.15, 0.2) is 5.17 Å². The van der Waals surface area contributed by atoms with E-state index in [-0.39, 0.29) is 0 Å². The third kappa shape index (κ3) is 1.73. The number of hydrogen-bond acceptors (Lipinski definition) is 5. The number of furan rings is 1. The molecule has 20 heavy (non-hydrogen) atoms. The Morgan fingerprint density at radius 2 is 2.30 bits per heavy atom. The minimum absolute atomic E-state index is 0.897. The maximum Gasteiger partial charge on any atom is 0.169 e. The third-order valence-electron chi connectivity index (χ3n) is 3.57. The van der Waals surface area contributed by atoms with Gasteiger partial charge in [-0.25, -0.2) is 0 Å². The zero-order valence-electron chi connectivity index (χ0n) is 11.3. The second-order valence-electron chi connectivity index (χ2n) is 4.83. The van der Waals surface area contributed by atoms with Gasteiger partial charge in [-0.15, -0.1) is 11.8 Å². The summed E-state index contributed by atoms with van der Waals surface area (Å²) in [6, 6.07) is 8.42. The Bertz CT molecular complexity index is 760. The first-order chi connectivity index (χ1) is 9.78. The number of benzene rings is 1. The van der Waals surface area contributed by atoms with Crippen molar-refractivity contribution in [2.45, 2.75) is 6.92 Å². The SMILES string of the molecule is CSC1=C(c2cccc3oc(C)cc23)N2CCN=C2S1. The Kier molecular flexibility index (Phi) is 2.86. The Balaban J connectivity index is 1.95. The summed E-state index contributed by atoms with van der Waals surface area (Å²) >= 11 is 3.58. The van der Waals surface area contributed by atoms with Gasteiger partial charge in [0.2, 0.25) is 0 Å². The average molecular weight is 302 g/mol. The molecular weight excluding hydrogens is 288 g/mol. The molecule has 2 aliphatic rings. The van der Waals surface area contributed by atoms with E-state index in [4.69, 9.17) is 4.42 Å². The molecule has 0 aliphatic carbocycles. The van der Waals surface area contributed by atoms with Crippen molar-refractivity contribution in [3.05, 3.63) is 39.8 Å². The molecule has 0 fully saturated rings. The van der Waals surface area contributed by atoms with Gasteiger partial charge in [0.25, 0.3) is 0 Å². The molecule has 0 atom stereocenters. The largest absolute Gasteiger partial charge is 0.461 e. The van der Waals surface area contributed by atoms with Crippen LogP contribution in [0.25, 0.3) is 16.7 Å². The van der Waals surface area contributed by atoms with E-state index in [1.54, 1.807) is 23.5 Å². The zero-order valence-corrected chi connectivity index (χ0v) is 13.0. The number of thioether (sulfide) groups is 2. The van der Waals surface area contributed by atoms with Gasteiger partial charge in [0.05, 0.1) is 16.5 Å². The van der Waals surface area contributed by atoms with Crippen molar-refractivity contribution < 1.29 is 4.42 Å². The zero-order chi connectivity index (χ0) is 13.7. The van der Waals surface area contributed by atoms with Gasteiger partial charge in [-0.05, 0) is 37.1 Å². The van der Waals surface area contributed by atoms with Gasteiger partial charge in [0, 0.05) is 17.5 Å². The molecule has 2 aliphatic heterocycles. The summed E-state index contributed by atoms with van der Waals surface area (Å²) in [6.07, 6.45) is 2.13. The van der Waals surface area contributed by atoms with Crippen molar-refractivity contribution in [2.24, 2.45) is 4.99 Å². The molecule has 1 aromatic heterocycles. The van der Waals surface area contributed by atoms with E-state index in [1.807, 2.05) is 13.0 Å². The smallest absolute Gasteiger partial charge is 0.169 e. The number of aryl methyl sites for hydroxylation is 1. The van der Waals surface area contributed by atoms with Crippen LogP contribution in [-0.4, -0.2) is 29.4 Å². The summed E-state index contributed by atoms with van der Waals surface area (Å²) in [6.45, 7) is 3.88. The topological polar surface area (TPSA) is 28.7 Å². The van der Waals surface area contributed by atoms with Crippen molar-refractivity contribution in [3.63, 3.8) is 0 Å². The van der Waals surface area contributed by atoms with Crippen LogP contribution in [0.2, 0.25) is 0 Å². The molecule has 4 rings (SSSR count). The van der Waals surface area contributed by atoms with E-state index in [2.05, 4.69) is 34.3 Å². The van der Waals surface area contributed by atoms with E-state index in [0.717, 1.165) is 29.6 Å². The fourth-order valence-electron chi connectivity index (χ4n) is 2.75. The predicted octanol–water partition coefficient (Wildman–Crippen LogP) is 4.15. The number of hydrogen-bond donors (Lipinski definition) is 0. The molecule has 0 unspecified atom stereocenters. The summed E-state index contributed by atoms with van der Waals surface area (Å²) in [5.41, 5.74) is 3.51. The molecule has 1 aromatic carbocycles. The van der Waals surface area contributed by atoms with E-state index >= 15 is 0 Å². The van der Waals surface area contributed by atoms with E-state index in [1.165, 1.54) is 20.9 Å². The summed E-state index contributed by atoms with van der Waals surface area (Å²) in [5, 5.41) is 2.34. The van der Waals surface area contributed by atoms with Crippen LogP contribution in [0.3, 0.4) is 0 Å². The highest BCUT2D eigenvalue weighted by Gasteiger charge is 2.33. The number of amidine groups is 1. The molecule has 0 radical (unpaired) electrons. The molecule has 0 saturated carbocycles. The van der Waals surface area contributed by atoms with Crippen LogP contribution in [0, 0.1) is 6.92 Å². The summed E-state index contributed by atoms with van der Waals surface area (Å²) in [4.78, 5) is 6.92. The highest BCUT2D eigenvalue weighted by atomic mass is 32.2. The van der Waals surface area contributed by atoms with E-state index in [0.29, 0.717) is 0 Å². The first-order valence-corrected chi connectivity index (χ1v) is 8.59. The molecule has 0 spiro atoms. The quantitative estimate of drug-likeness (QED) is 0.833. The highest BCUT2D eigenvalue weighted by molar-refractivity contribution is 8.30. The van der Waals surface area contributed by atoms with Crippen LogP contribution >= 0.6 is 23.5 Å². The molecule has 0 saturated heterocycles. The Labute approximate surface area is 126 Å². The van der Waals surface area contributed by atoms with Crippen molar-refractivity contribution in [3.8, 4) is 0 Å². The van der Waals surface area contributed by atoms with Crippen LogP contribution in [0.4, 0.5) is 0 Å². The van der Waals surface area contributed by atoms with E-state index in [9.17, 15) is 0 Å². The molecule has 0 bridgehead atoms. The van der Waals surface area contributed by atoms with Crippen molar-refractivity contribution in [2.75, 3.05) is 19.3 Å². The van der Waals surface area contributed by atoms with Crippen molar-refractivity contribution in [1.29, 1.82) is 0 Å². The van der Waals surface area contributed by atoms with Crippen LogP contribution in [-0.2, 0) is 0 Å². The van der Waals surface area contributed by atoms with Gasteiger partial charge in [-0.1, -0.05) is 12.1 Å².